The normalized spacial score (nSPS) is 12.5. The van der Waals surface area contributed by atoms with Crippen molar-refractivity contribution in [2.45, 2.75) is 11.4 Å². The molecular weight excluding hydrogens is 394 g/mol. The molecule has 0 radical (unpaired) electrons. The molecule has 27 heavy (non-hydrogen) atoms. The van der Waals surface area contributed by atoms with Gasteiger partial charge in [-0.2, -0.15) is 4.99 Å². The first kappa shape index (κ1) is 19.1. The van der Waals surface area contributed by atoms with Gasteiger partial charge in [-0.05, 0) is 30.3 Å². The summed E-state index contributed by atoms with van der Waals surface area (Å²) in [6.07, 6.45) is 2.67. The van der Waals surface area contributed by atoms with Gasteiger partial charge < -0.3 is 4.57 Å². The number of nitrogens with zero attached hydrogens (tertiary/aromatic N) is 2. The van der Waals surface area contributed by atoms with Gasteiger partial charge in [-0.1, -0.05) is 23.5 Å². The molecule has 1 heterocycles. The predicted molar refractivity (Wildman–Crippen MR) is 99.4 cm³/mol. The van der Waals surface area contributed by atoms with E-state index in [9.17, 15) is 22.0 Å². The molecule has 0 N–H and O–H groups in total. The summed E-state index contributed by atoms with van der Waals surface area (Å²) in [6, 6.07) is 7.64. The molecule has 0 aliphatic carbocycles. The Labute approximate surface area is 157 Å². The van der Waals surface area contributed by atoms with Crippen LogP contribution in [0.1, 0.15) is 10.4 Å². The van der Waals surface area contributed by atoms with Crippen molar-refractivity contribution in [3.05, 3.63) is 71.1 Å². The van der Waals surface area contributed by atoms with Crippen LogP contribution in [0.4, 0.5) is 8.78 Å². The molecule has 0 atom stereocenters. The number of carbonyl (C=O) groups is 1. The van der Waals surface area contributed by atoms with Crippen molar-refractivity contribution in [1.29, 1.82) is 0 Å². The first-order valence-corrected chi connectivity index (χ1v) is 10.4. The van der Waals surface area contributed by atoms with Crippen molar-refractivity contribution in [3.8, 4) is 0 Å². The van der Waals surface area contributed by atoms with Gasteiger partial charge in [-0.25, -0.2) is 17.2 Å². The molecule has 140 valence electrons. The quantitative estimate of drug-likeness (QED) is 0.622. The lowest BCUT2D eigenvalue weighted by atomic mass is 10.2. The number of sulfone groups is 1. The highest BCUT2D eigenvalue weighted by molar-refractivity contribution is 7.90. The number of hydrogen-bond donors (Lipinski definition) is 0. The zero-order chi connectivity index (χ0) is 19.8. The molecule has 0 aliphatic heterocycles. The Morgan fingerprint density at radius 1 is 1.26 bits per heavy atom. The summed E-state index contributed by atoms with van der Waals surface area (Å²) in [4.78, 5) is 16.5. The van der Waals surface area contributed by atoms with E-state index in [4.69, 9.17) is 0 Å². The first-order valence-electron chi connectivity index (χ1n) is 7.70. The van der Waals surface area contributed by atoms with E-state index >= 15 is 0 Å². The Balaban J connectivity index is 2.23. The number of hydrogen-bond acceptors (Lipinski definition) is 4. The maximum absolute atomic E-state index is 13.8. The second-order valence-corrected chi connectivity index (χ2v) is 8.72. The minimum atomic E-state index is -3.41. The van der Waals surface area contributed by atoms with Crippen LogP contribution in [0.2, 0.25) is 0 Å². The summed E-state index contributed by atoms with van der Waals surface area (Å²) in [5.74, 6) is -3.06. The van der Waals surface area contributed by atoms with Gasteiger partial charge in [0.15, 0.2) is 14.6 Å². The maximum Gasteiger partial charge on any atom is 0.285 e. The lowest BCUT2D eigenvalue weighted by molar-refractivity contribution is 0.0990. The van der Waals surface area contributed by atoms with Crippen molar-refractivity contribution >= 4 is 37.3 Å². The maximum atomic E-state index is 13.8. The summed E-state index contributed by atoms with van der Waals surface area (Å²) in [5.41, 5.74) is -0.107. The van der Waals surface area contributed by atoms with Crippen LogP contribution in [-0.2, 0) is 16.4 Å². The van der Waals surface area contributed by atoms with Gasteiger partial charge in [0.2, 0.25) is 0 Å². The zero-order valence-electron chi connectivity index (χ0n) is 14.1. The van der Waals surface area contributed by atoms with E-state index in [0.29, 0.717) is 10.2 Å². The first-order chi connectivity index (χ1) is 12.7. The van der Waals surface area contributed by atoms with Gasteiger partial charge in [-0.15, -0.1) is 6.58 Å². The number of aromatic nitrogens is 1. The number of fused-ring (bicyclic) bond motifs is 1. The molecule has 5 nitrogen and oxygen atoms in total. The number of thiazole rings is 1. The van der Waals surface area contributed by atoms with Crippen LogP contribution in [0.3, 0.4) is 0 Å². The molecular formula is C18H14F2N2O3S2. The minimum Gasteiger partial charge on any atom is -0.312 e. The Morgan fingerprint density at radius 2 is 1.93 bits per heavy atom. The van der Waals surface area contributed by atoms with Crippen LogP contribution in [0.25, 0.3) is 10.2 Å². The fraction of sp³-hybridized carbons (Fsp3) is 0.111. The van der Waals surface area contributed by atoms with Crippen LogP contribution < -0.4 is 4.80 Å². The Kier molecular flexibility index (Phi) is 5.07. The molecule has 0 spiro atoms. The fourth-order valence-corrected chi connectivity index (χ4v) is 4.32. The van der Waals surface area contributed by atoms with Crippen molar-refractivity contribution in [1.82, 2.24) is 4.57 Å². The highest BCUT2D eigenvalue weighted by Gasteiger charge is 2.18. The third-order valence-electron chi connectivity index (χ3n) is 3.77. The molecule has 0 saturated heterocycles. The van der Waals surface area contributed by atoms with E-state index in [-0.39, 0.29) is 16.2 Å². The molecule has 0 unspecified atom stereocenters. The SMILES string of the molecule is C=CCn1c(=NC(=O)c2c(F)cccc2F)sc2cc(S(C)(=O)=O)ccc21. The smallest absolute Gasteiger partial charge is 0.285 e. The molecule has 3 aromatic rings. The number of allylic oxidation sites excluding steroid dienone is 1. The minimum absolute atomic E-state index is 0.125. The summed E-state index contributed by atoms with van der Waals surface area (Å²) < 4.78 is 53.4. The van der Waals surface area contributed by atoms with Gasteiger partial charge in [0.05, 0.1) is 15.1 Å². The predicted octanol–water partition coefficient (Wildman–Crippen LogP) is 3.31. The molecule has 2 aromatic carbocycles. The average molecular weight is 408 g/mol. The van der Waals surface area contributed by atoms with E-state index in [1.54, 1.807) is 16.7 Å². The monoisotopic (exact) mass is 408 g/mol. The number of rotatable bonds is 4. The second-order valence-electron chi connectivity index (χ2n) is 5.70. The summed E-state index contributed by atoms with van der Waals surface area (Å²) >= 11 is 1.05. The number of halogens is 2. The van der Waals surface area contributed by atoms with E-state index in [1.807, 2.05) is 0 Å². The number of amides is 1. The van der Waals surface area contributed by atoms with Gasteiger partial charge in [-0.3, -0.25) is 4.79 Å². The highest BCUT2D eigenvalue weighted by Crippen LogP contribution is 2.22. The van der Waals surface area contributed by atoms with Crippen LogP contribution in [0.15, 0.2) is 58.9 Å². The van der Waals surface area contributed by atoms with Gasteiger partial charge in [0, 0.05) is 12.8 Å². The lowest BCUT2D eigenvalue weighted by Gasteiger charge is -2.03. The van der Waals surface area contributed by atoms with Gasteiger partial charge in [0.25, 0.3) is 5.91 Å². The Morgan fingerprint density at radius 3 is 2.52 bits per heavy atom. The zero-order valence-corrected chi connectivity index (χ0v) is 15.8. The molecule has 1 amide bonds. The van der Waals surface area contributed by atoms with E-state index < -0.39 is 32.9 Å². The summed E-state index contributed by atoms with van der Waals surface area (Å²) in [6.45, 7) is 3.93. The standard InChI is InChI=1S/C18H14F2N2O3S2/c1-3-9-22-14-8-7-11(27(2,24)25)10-15(14)26-18(22)21-17(23)16-12(19)5-4-6-13(16)20/h3-8,10H,1,9H2,2H3. The van der Waals surface area contributed by atoms with Crippen LogP contribution >= 0.6 is 11.3 Å². The number of benzene rings is 2. The Hall–Kier alpha value is -2.65. The van der Waals surface area contributed by atoms with Crippen LogP contribution in [0, 0.1) is 11.6 Å². The van der Waals surface area contributed by atoms with E-state index in [1.165, 1.54) is 12.1 Å². The van der Waals surface area contributed by atoms with Crippen LogP contribution in [-0.4, -0.2) is 25.1 Å². The molecule has 0 aliphatic rings. The van der Waals surface area contributed by atoms with E-state index in [2.05, 4.69) is 11.6 Å². The topological polar surface area (TPSA) is 68.5 Å². The largest absolute Gasteiger partial charge is 0.312 e. The third-order valence-corrected chi connectivity index (χ3v) is 5.92. The average Bonchev–Trinajstić information content (AvgIpc) is 2.91. The van der Waals surface area contributed by atoms with Gasteiger partial charge >= 0.3 is 0 Å². The molecule has 0 fully saturated rings. The molecule has 0 saturated carbocycles. The number of carbonyl (C=O) groups excluding carboxylic acids is 1. The summed E-state index contributed by atoms with van der Waals surface area (Å²) in [7, 11) is -3.41. The van der Waals surface area contributed by atoms with Crippen molar-refractivity contribution in [3.63, 3.8) is 0 Å². The van der Waals surface area contributed by atoms with Gasteiger partial charge in [0.1, 0.15) is 17.2 Å². The molecule has 3 rings (SSSR count). The van der Waals surface area contributed by atoms with Crippen molar-refractivity contribution in [2.75, 3.05) is 6.26 Å². The Bertz CT molecular complexity index is 1220. The van der Waals surface area contributed by atoms with Crippen LogP contribution in [0.5, 0.6) is 0 Å². The molecule has 1 aromatic heterocycles. The highest BCUT2D eigenvalue weighted by atomic mass is 32.2. The fourth-order valence-electron chi connectivity index (χ4n) is 2.52. The third kappa shape index (κ3) is 3.74. The van der Waals surface area contributed by atoms with E-state index in [0.717, 1.165) is 35.8 Å². The van der Waals surface area contributed by atoms with Crippen molar-refractivity contribution < 1.29 is 22.0 Å². The van der Waals surface area contributed by atoms with Crippen molar-refractivity contribution in [2.24, 2.45) is 4.99 Å². The summed E-state index contributed by atoms with van der Waals surface area (Å²) in [5, 5.41) is 0. The molecule has 0 bridgehead atoms. The molecule has 9 heteroatoms. The second kappa shape index (κ2) is 7.16. The lowest BCUT2D eigenvalue weighted by Crippen LogP contribution is -2.17.